The second-order valence-electron chi connectivity index (χ2n) is 7.86. The molecule has 0 aliphatic carbocycles. The Morgan fingerprint density at radius 2 is 2.17 bits per heavy atom. The summed E-state index contributed by atoms with van der Waals surface area (Å²) in [7, 11) is 0. The normalized spacial score (nSPS) is 24.3. The molecule has 156 valence electrons. The molecule has 4 rings (SSSR count). The summed E-state index contributed by atoms with van der Waals surface area (Å²) in [5.41, 5.74) is 0.418. The van der Waals surface area contributed by atoms with E-state index in [4.69, 9.17) is 11.6 Å². The summed E-state index contributed by atoms with van der Waals surface area (Å²) in [5, 5.41) is 3.44. The minimum atomic E-state index is -0.830. The first-order valence-electron chi connectivity index (χ1n) is 9.59. The molecule has 2 saturated heterocycles. The minimum absolute atomic E-state index is 0.0464. The quantitative estimate of drug-likeness (QED) is 0.376. The standard InChI is InChI=1S/C20H22ClF3N4S/c1-20(14-4-3-8-25-14)7-9-28(11-20)13-10-12(22)19(18(24)17(13)21)29-27-16-6-2-5-15(23)26-16/h2,5-6,10,14,25H,3-4,7-9,11H2,1H3,(H,26,27). The fourth-order valence-corrected chi connectivity index (χ4v) is 5.20. The Morgan fingerprint density at radius 1 is 1.34 bits per heavy atom. The van der Waals surface area contributed by atoms with E-state index < -0.39 is 17.6 Å². The Balaban J connectivity index is 1.52. The van der Waals surface area contributed by atoms with E-state index in [-0.39, 0.29) is 21.2 Å². The van der Waals surface area contributed by atoms with E-state index >= 15 is 0 Å². The Kier molecular flexibility index (Phi) is 5.86. The number of nitrogens with zero attached hydrogens (tertiary/aromatic N) is 2. The predicted molar refractivity (Wildman–Crippen MR) is 111 cm³/mol. The van der Waals surface area contributed by atoms with Crippen LogP contribution in [-0.2, 0) is 0 Å². The third kappa shape index (κ3) is 4.15. The van der Waals surface area contributed by atoms with Crippen LogP contribution in [0, 0.1) is 23.0 Å². The highest BCUT2D eigenvalue weighted by atomic mass is 35.5. The number of benzene rings is 1. The van der Waals surface area contributed by atoms with E-state index in [1.54, 1.807) is 0 Å². The second kappa shape index (κ2) is 8.24. The molecule has 0 amide bonds. The maximum absolute atomic E-state index is 14.9. The summed E-state index contributed by atoms with van der Waals surface area (Å²) in [6.45, 7) is 4.63. The van der Waals surface area contributed by atoms with Gasteiger partial charge in [0.1, 0.15) is 21.6 Å². The van der Waals surface area contributed by atoms with Gasteiger partial charge in [0.15, 0.2) is 5.82 Å². The average molecular weight is 443 g/mol. The highest BCUT2D eigenvalue weighted by molar-refractivity contribution is 8.00. The van der Waals surface area contributed by atoms with Crippen LogP contribution < -0.4 is 14.9 Å². The van der Waals surface area contributed by atoms with E-state index in [1.807, 2.05) is 4.90 Å². The van der Waals surface area contributed by atoms with Crippen LogP contribution >= 0.6 is 23.5 Å². The van der Waals surface area contributed by atoms with Crippen molar-refractivity contribution in [3.8, 4) is 0 Å². The Hall–Kier alpha value is -1.64. The van der Waals surface area contributed by atoms with Crippen LogP contribution in [-0.4, -0.2) is 30.7 Å². The van der Waals surface area contributed by atoms with Crippen molar-refractivity contribution in [1.29, 1.82) is 0 Å². The summed E-state index contributed by atoms with van der Waals surface area (Å²) >= 11 is 6.97. The Labute approximate surface area is 177 Å². The van der Waals surface area contributed by atoms with Gasteiger partial charge in [0, 0.05) is 30.6 Å². The summed E-state index contributed by atoms with van der Waals surface area (Å²) in [4.78, 5) is 5.30. The van der Waals surface area contributed by atoms with Crippen molar-refractivity contribution in [1.82, 2.24) is 10.3 Å². The third-order valence-corrected chi connectivity index (χ3v) is 7.07. The molecule has 0 radical (unpaired) electrons. The molecule has 2 fully saturated rings. The number of aromatic nitrogens is 1. The van der Waals surface area contributed by atoms with Crippen molar-refractivity contribution >= 4 is 35.1 Å². The number of nitrogens with one attached hydrogen (secondary N) is 2. The van der Waals surface area contributed by atoms with E-state index in [1.165, 1.54) is 24.3 Å². The van der Waals surface area contributed by atoms with Gasteiger partial charge in [-0.05, 0) is 49.9 Å². The number of pyridine rings is 1. The summed E-state index contributed by atoms with van der Waals surface area (Å²) in [6, 6.07) is 5.84. The van der Waals surface area contributed by atoms with Gasteiger partial charge in [-0.1, -0.05) is 24.6 Å². The van der Waals surface area contributed by atoms with E-state index in [9.17, 15) is 13.2 Å². The van der Waals surface area contributed by atoms with E-state index in [0.29, 0.717) is 36.8 Å². The largest absolute Gasteiger partial charge is 0.370 e. The zero-order chi connectivity index (χ0) is 20.6. The first-order valence-corrected chi connectivity index (χ1v) is 10.8. The molecule has 2 N–H and O–H groups in total. The van der Waals surface area contributed by atoms with Crippen LogP contribution in [0.15, 0.2) is 29.2 Å². The number of rotatable bonds is 5. The summed E-state index contributed by atoms with van der Waals surface area (Å²) < 4.78 is 45.4. The molecule has 2 aromatic rings. The molecule has 0 saturated carbocycles. The van der Waals surface area contributed by atoms with Gasteiger partial charge in [0.25, 0.3) is 0 Å². The average Bonchev–Trinajstić information content (AvgIpc) is 3.36. The fraction of sp³-hybridized carbons (Fsp3) is 0.450. The molecular weight excluding hydrogens is 421 g/mol. The van der Waals surface area contributed by atoms with Gasteiger partial charge >= 0.3 is 0 Å². The maximum atomic E-state index is 14.9. The SMILES string of the molecule is CC1(C2CCCN2)CCN(c2cc(F)c(SNc3cccc(F)n3)c(F)c2Cl)C1. The van der Waals surface area contributed by atoms with Crippen LogP contribution in [0.5, 0.6) is 0 Å². The van der Waals surface area contributed by atoms with Crippen molar-refractivity contribution in [2.24, 2.45) is 5.41 Å². The fourth-order valence-electron chi connectivity index (χ4n) is 4.21. The Morgan fingerprint density at radius 3 is 2.90 bits per heavy atom. The van der Waals surface area contributed by atoms with Crippen molar-refractivity contribution < 1.29 is 13.2 Å². The molecule has 4 nitrogen and oxygen atoms in total. The predicted octanol–water partition coefficient (Wildman–Crippen LogP) is 5.24. The van der Waals surface area contributed by atoms with Gasteiger partial charge in [-0.3, -0.25) is 0 Å². The molecule has 2 unspecified atom stereocenters. The molecule has 2 aliphatic rings. The first kappa shape index (κ1) is 20.6. The molecule has 0 spiro atoms. The van der Waals surface area contributed by atoms with Crippen LogP contribution in [0.1, 0.15) is 26.2 Å². The minimum Gasteiger partial charge on any atom is -0.370 e. The zero-order valence-corrected chi connectivity index (χ0v) is 17.5. The summed E-state index contributed by atoms with van der Waals surface area (Å²) in [5.74, 6) is -2.07. The third-order valence-electron chi connectivity index (χ3n) is 5.82. The lowest BCUT2D eigenvalue weighted by Gasteiger charge is -2.32. The number of hydrogen-bond acceptors (Lipinski definition) is 5. The summed E-state index contributed by atoms with van der Waals surface area (Å²) in [6.07, 6.45) is 3.22. The molecule has 3 heterocycles. The molecule has 1 aromatic carbocycles. The van der Waals surface area contributed by atoms with Gasteiger partial charge in [-0.25, -0.2) is 13.8 Å². The van der Waals surface area contributed by atoms with Gasteiger partial charge in [-0.15, -0.1) is 0 Å². The molecule has 2 aliphatic heterocycles. The molecule has 1 aromatic heterocycles. The smallest absolute Gasteiger partial charge is 0.214 e. The van der Waals surface area contributed by atoms with Crippen molar-refractivity contribution in [3.05, 3.63) is 46.9 Å². The molecule has 2 atom stereocenters. The van der Waals surface area contributed by atoms with Gasteiger partial charge < -0.3 is 14.9 Å². The maximum Gasteiger partial charge on any atom is 0.214 e. The van der Waals surface area contributed by atoms with Crippen LogP contribution in [0.3, 0.4) is 0 Å². The van der Waals surface area contributed by atoms with E-state index in [2.05, 4.69) is 21.9 Å². The number of halogens is 4. The van der Waals surface area contributed by atoms with Crippen LogP contribution in [0.4, 0.5) is 24.7 Å². The molecule has 29 heavy (non-hydrogen) atoms. The number of hydrogen-bond donors (Lipinski definition) is 2. The monoisotopic (exact) mass is 442 g/mol. The Bertz CT molecular complexity index is 910. The second-order valence-corrected chi connectivity index (χ2v) is 9.05. The highest BCUT2D eigenvalue weighted by Crippen LogP contribution is 2.43. The lowest BCUT2D eigenvalue weighted by Crippen LogP contribution is -2.41. The van der Waals surface area contributed by atoms with Crippen molar-refractivity contribution in [3.63, 3.8) is 0 Å². The zero-order valence-electron chi connectivity index (χ0n) is 15.9. The van der Waals surface area contributed by atoms with Gasteiger partial charge in [-0.2, -0.15) is 4.39 Å². The van der Waals surface area contributed by atoms with E-state index in [0.717, 1.165) is 25.8 Å². The topological polar surface area (TPSA) is 40.2 Å². The van der Waals surface area contributed by atoms with Crippen LogP contribution in [0.25, 0.3) is 0 Å². The first-order chi connectivity index (χ1) is 13.9. The highest BCUT2D eigenvalue weighted by Gasteiger charge is 2.42. The molecular formula is C20H22ClF3N4S. The van der Waals surface area contributed by atoms with Crippen LogP contribution in [0.2, 0.25) is 5.02 Å². The lowest BCUT2D eigenvalue weighted by molar-refractivity contribution is 0.266. The van der Waals surface area contributed by atoms with Crippen molar-refractivity contribution in [2.75, 3.05) is 29.3 Å². The van der Waals surface area contributed by atoms with Gasteiger partial charge in [0.2, 0.25) is 5.95 Å². The number of anilines is 2. The van der Waals surface area contributed by atoms with Crippen molar-refractivity contribution in [2.45, 2.75) is 37.1 Å². The molecule has 0 bridgehead atoms. The lowest BCUT2D eigenvalue weighted by atomic mass is 9.81. The molecule has 9 heteroatoms. The van der Waals surface area contributed by atoms with Gasteiger partial charge in [0.05, 0.1) is 5.69 Å².